The lowest BCUT2D eigenvalue weighted by Crippen LogP contribution is -2.34. The number of aromatic nitrogens is 2. The number of nitrogens with zero attached hydrogens (tertiary/aromatic N) is 1. The molecule has 2 saturated carbocycles. The molecule has 0 saturated heterocycles. The number of hydrogen-bond acceptors (Lipinski definition) is 3. The SMILES string of the molecule is O=C(NC1CCCCCC1)c1ccc(-c2nc3ccc(NC(=O)C4CCCCCC4)cc3[nH]2)cc1. The highest BCUT2D eigenvalue weighted by atomic mass is 16.2. The Morgan fingerprint density at radius 2 is 1.46 bits per heavy atom. The van der Waals surface area contributed by atoms with Crippen LogP contribution in [0.5, 0.6) is 0 Å². The number of carbonyl (C=O) groups is 2. The molecule has 184 valence electrons. The van der Waals surface area contributed by atoms with Crippen molar-refractivity contribution in [2.75, 3.05) is 5.32 Å². The fourth-order valence-electron chi connectivity index (χ4n) is 5.48. The number of nitrogens with one attached hydrogen (secondary N) is 3. The lowest BCUT2D eigenvalue weighted by molar-refractivity contribution is -0.120. The number of fused-ring (bicyclic) bond motifs is 1. The number of amides is 2. The minimum absolute atomic E-state index is 0.00195. The highest BCUT2D eigenvalue weighted by Gasteiger charge is 2.20. The standard InChI is InChI=1S/C29H36N4O2/c34-28(21-9-5-1-2-6-10-21)31-24-17-18-25-26(19-24)33-27(32-25)20-13-15-22(16-14-20)29(35)30-23-11-7-3-4-8-12-23/h13-19,21,23H,1-12H2,(H,30,35)(H,31,34)(H,32,33). The van der Waals surface area contributed by atoms with Gasteiger partial charge in [-0.15, -0.1) is 0 Å². The second-order valence-corrected chi connectivity index (χ2v) is 10.2. The molecule has 35 heavy (non-hydrogen) atoms. The number of benzene rings is 2. The van der Waals surface area contributed by atoms with Gasteiger partial charge in [-0.1, -0.05) is 63.5 Å². The number of anilines is 1. The third-order valence-corrected chi connectivity index (χ3v) is 7.59. The third kappa shape index (κ3) is 5.92. The summed E-state index contributed by atoms with van der Waals surface area (Å²) in [6, 6.07) is 13.7. The lowest BCUT2D eigenvalue weighted by Gasteiger charge is -2.16. The number of rotatable bonds is 5. The molecule has 0 radical (unpaired) electrons. The molecule has 5 rings (SSSR count). The summed E-state index contributed by atoms with van der Waals surface area (Å²) in [5.41, 5.74) is 4.14. The molecule has 2 fully saturated rings. The summed E-state index contributed by atoms with van der Waals surface area (Å²) >= 11 is 0. The van der Waals surface area contributed by atoms with Crippen LogP contribution in [0.15, 0.2) is 42.5 Å². The number of carbonyl (C=O) groups excluding carboxylic acids is 2. The Morgan fingerprint density at radius 3 is 2.14 bits per heavy atom. The quantitative estimate of drug-likeness (QED) is 0.366. The molecule has 2 aliphatic carbocycles. The van der Waals surface area contributed by atoms with Crippen LogP contribution in [-0.4, -0.2) is 27.8 Å². The molecule has 0 aliphatic heterocycles. The van der Waals surface area contributed by atoms with Crippen LogP contribution in [-0.2, 0) is 4.79 Å². The number of hydrogen-bond donors (Lipinski definition) is 3. The van der Waals surface area contributed by atoms with Crippen molar-refractivity contribution in [1.29, 1.82) is 0 Å². The Bertz CT molecular complexity index is 1150. The predicted molar refractivity (Wildman–Crippen MR) is 140 cm³/mol. The van der Waals surface area contributed by atoms with E-state index in [0.717, 1.165) is 66.6 Å². The van der Waals surface area contributed by atoms with E-state index in [1.54, 1.807) is 0 Å². The monoisotopic (exact) mass is 472 g/mol. The summed E-state index contributed by atoms with van der Waals surface area (Å²) in [6.45, 7) is 0. The first kappa shape index (κ1) is 23.6. The highest BCUT2D eigenvalue weighted by Crippen LogP contribution is 2.27. The first-order valence-corrected chi connectivity index (χ1v) is 13.4. The summed E-state index contributed by atoms with van der Waals surface area (Å²) in [6.07, 6.45) is 13.8. The Balaban J connectivity index is 1.25. The number of aromatic amines is 1. The molecule has 3 aromatic rings. The van der Waals surface area contributed by atoms with Crippen molar-refractivity contribution in [3.63, 3.8) is 0 Å². The summed E-state index contributed by atoms with van der Waals surface area (Å²) in [4.78, 5) is 33.5. The van der Waals surface area contributed by atoms with E-state index in [9.17, 15) is 9.59 Å². The van der Waals surface area contributed by atoms with Crippen molar-refractivity contribution in [1.82, 2.24) is 15.3 Å². The maximum absolute atomic E-state index is 12.7. The molecule has 2 aliphatic rings. The van der Waals surface area contributed by atoms with Gasteiger partial charge in [0.05, 0.1) is 11.0 Å². The Hall–Kier alpha value is -3.15. The van der Waals surface area contributed by atoms with E-state index in [0.29, 0.717) is 5.56 Å². The van der Waals surface area contributed by atoms with Crippen molar-refractivity contribution in [3.8, 4) is 11.4 Å². The topological polar surface area (TPSA) is 86.9 Å². The van der Waals surface area contributed by atoms with Crippen molar-refractivity contribution < 1.29 is 9.59 Å². The second-order valence-electron chi connectivity index (χ2n) is 10.2. The molecule has 6 nitrogen and oxygen atoms in total. The van der Waals surface area contributed by atoms with E-state index in [-0.39, 0.29) is 23.8 Å². The van der Waals surface area contributed by atoms with Crippen LogP contribution in [0.2, 0.25) is 0 Å². The van der Waals surface area contributed by atoms with Crippen LogP contribution in [0, 0.1) is 5.92 Å². The zero-order chi connectivity index (χ0) is 24.0. The van der Waals surface area contributed by atoms with Crippen LogP contribution in [0.4, 0.5) is 5.69 Å². The summed E-state index contributed by atoms with van der Waals surface area (Å²) in [5, 5.41) is 6.31. The Morgan fingerprint density at radius 1 is 0.800 bits per heavy atom. The van der Waals surface area contributed by atoms with Gasteiger partial charge in [0.1, 0.15) is 5.82 Å². The summed E-state index contributed by atoms with van der Waals surface area (Å²) in [5.74, 6) is 0.998. The average Bonchev–Trinajstić information content (AvgIpc) is 3.04. The van der Waals surface area contributed by atoms with Gasteiger partial charge in [-0.2, -0.15) is 0 Å². The molecule has 3 N–H and O–H groups in total. The van der Waals surface area contributed by atoms with Crippen LogP contribution in [0.1, 0.15) is 87.4 Å². The molecule has 2 amide bonds. The molecule has 0 unspecified atom stereocenters. The smallest absolute Gasteiger partial charge is 0.251 e. The molecule has 0 atom stereocenters. The molecule has 0 spiro atoms. The largest absolute Gasteiger partial charge is 0.349 e. The number of imidazole rings is 1. The summed E-state index contributed by atoms with van der Waals surface area (Å²) < 4.78 is 0. The van der Waals surface area contributed by atoms with Gasteiger partial charge in [0.25, 0.3) is 5.91 Å². The van der Waals surface area contributed by atoms with Gasteiger partial charge in [-0.3, -0.25) is 9.59 Å². The first-order valence-electron chi connectivity index (χ1n) is 13.4. The van der Waals surface area contributed by atoms with E-state index in [4.69, 9.17) is 4.98 Å². The first-order chi connectivity index (χ1) is 17.2. The molecule has 1 heterocycles. The Kier molecular flexibility index (Phi) is 7.45. The molecule has 6 heteroatoms. The van der Waals surface area contributed by atoms with Crippen molar-refractivity contribution in [2.24, 2.45) is 5.92 Å². The van der Waals surface area contributed by atoms with E-state index >= 15 is 0 Å². The van der Waals surface area contributed by atoms with E-state index in [1.807, 2.05) is 42.5 Å². The average molecular weight is 473 g/mol. The maximum atomic E-state index is 12.7. The summed E-state index contributed by atoms with van der Waals surface area (Å²) in [7, 11) is 0. The third-order valence-electron chi connectivity index (χ3n) is 7.59. The predicted octanol–water partition coefficient (Wildman–Crippen LogP) is 6.59. The fourth-order valence-corrected chi connectivity index (χ4v) is 5.48. The van der Waals surface area contributed by atoms with Crippen LogP contribution in [0.25, 0.3) is 22.4 Å². The molecule has 1 aromatic heterocycles. The van der Waals surface area contributed by atoms with Gasteiger partial charge in [0.2, 0.25) is 5.91 Å². The van der Waals surface area contributed by atoms with Crippen LogP contribution < -0.4 is 10.6 Å². The molecule has 0 bridgehead atoms. The fraction of sp³-hybridized carbons (Fsp3) is 0.483. The normalized spacial score (nSPS) is 18.1. The molecular weight excluding hydrogens is 436 g/mol. The van der Waals surface area contributed by atoms with Gasteiger partial charge in [-0.25, -0.2) is 4.98 Å². The van der Waals surface area contributed by atoms with Crippen molar-refractivity contribution in [2.45, 2.75) is 83.1 Å². The van der Waals surface area contributed by atoms with E-state index < -0.39 is 0 Å². The zero-order valence-corrected chi connectivity index (χ0v) is 20.4. The molecule has 2 aromatic carbocycles. The van der Waals surface area contributed by atoms with Gasteiger partial charge in [0.15, 0.2) is 0 Å². The van der Waals surface area contributed by atoms with E-state index in [2.05, 4.69) is 15.6 Å². The minimum atomic E-state index is 0.00195. The minimum Gasteiger partial charge on any atom is -0.349 e. The Labute approximate surface area is 207 Å². The van der Waals surface area contributed by atoms with Gasteiger partial charge in [0, 0.05) is 28.8 Å². The van der Waals surface area contributed by atoms with Crippen molar-refractivity contribution >= 4 is 28.5 Å². The second kappa shape index (κ2) is 11.1. The number of H-pyrrole nitrogens is 1. The molecular formula is C29H36N4O2. The van der Waals surface area contributed by atoms with Gasteiger partial charge >= 0.3 is 0 Å². The van der Waals surface area contributed by atoms with E-state index in [1.165, 1.54) is 38.5 Å². The maximum Gasteiger partial charge on any atom is 0.251 e. The zero-order valence-electron chi connectivity index (χ0n) is 20.4. The van der Waals surface area contributed by atoms with Crippen LogP contribution in [0.3, 0.4) is 0 Å². The van der Waals surface area contributed by atoms with Crippen LogP contribution >= 0.6 is 0 Å². The lowest BCUT2D eigenvalue weighted by atomic mass is 9.99. The van der Waals surface area contributed by atoms with Gasteiger partial charge in [-0.05, 0) is 56.0 Å². The van der Waals surface area contributed by atoms with Gasteiger partial charge < -0.3 is 15.6 Å². The highest BCUT2D eigenvalue weighted by molar-refractivity contribution is 5.96. The van der Waals surface area contributed by atoms with Crippen molar-refractivity contribution in [3.05, 3.63) is 48.0 Å².